The van der Waals surface area contributed by atoms with E-state index in [-0.39, 0.29) is 5.92 Å². The minimum Gasteiger partial charge on any atom is -0.390 e. The summed E-state index contributed by atoms with van der Waals surface area (Å²) in [4.78, 5) is 0. The molecule has 0 radical (unpaired) electrons. The fourth-order valence-corrected chi connectivity index (χ4v) is 3.63. The average molecular weight is 236 g/mol. The highest BCUT2D eigenvalue weighted by atomic mass is 16.3. The molecule has 96 valence electrons. The number of rotatable bonds is 1. The zero-order chi connectivity index (χ0) is 12.7. The van der Waals surface area contributed by atoms with Gasteiger partial charge in [-0.25, -0.2) is 0 Å². The fourth-order valence-electron chi connectivity index (χ4n) is 3.63. The molecule has 0 aliphatic heterocycles. The van der Waals surface area contributed by atoms with Crippen molar-refractivity contribution in [2.24, 2.45) is 23.7 Å². The molecule has 17 heavy (non-hydrogen) atoms. The summed E-state index contributed by atoms with van der Waals surface area (Å²) in [6, 6.07) is 0. The van der Waals surface area contributed by atoms with Gasteiger partial charge < -0.3 is 10.2 Å². The topological polar surface area (TPSA) is 40.5 Å². The maximum Gasteiger partial charge on any atom is 0.101 e. The van der Waals surface area contributed by atoms with Crippen molar-refractivity contribution in [3.8, 4) is 0 Å². The normalized spacial score (nSPS) is 42.4. The van der Waals surface area contributed by atoms with Crippen LogP contribution in [0.2, 0.25) is 0 Å². The smallest absolute Gasteiger partial charge is 0.101 e. The summed E-state index contributed by atoms with van der Waals surface area (Å²) in [6.07, 6.45) is 3.06. The molecule has 2 nitrogen and oxygen atoms in total. The zero-order valence-electron chi connectivity index (χ0n) is 11.1. The van der Waals surface area contributed by atoms with Crippen molar-refractivity contribution < 1.29 is 10.2 Å². The van der Waals surface area contributed by atoms with Crippen LogP contribution in [-0.4, -0.2) is 22.4 Å². The van der Waals surface area contributed by atoms with Gasteiger partial charge in [-0.15, -0.1) is 0 Å². The van der Waals surface area contributed by atoms with Gasteiger partial charge in [0.15, 0.2) is 0 Å². The molecule has 2 rings (SSSR count). The average Bonchev–Trinajstić information content (AvgIpc) is 2.25. The first kappa shape index (κ1) is 12.8. The zero-order valence-corrected chi connectivity index (χ0v) is 11.1. The summed E-state index contributed by atoms with van der Waals surface area (Å²) in [5.74, 6) is 1.23. The van der Waals surface area contributed by atoms with Gasteiger partial charge in [-0.1, -0.05) is 32.1 Å². The molecule has 0 aromatic carbocycles. The number of hydrogen-bond donors (Lipinski definition) is 2. The molecule has 1 saturated carbocycles. The first-order chi connectivity index (χ1) is 7.93. The third kappa shape index (κ3) is 2.09. The quantitative estimate of drug-likeness (QED) is 0.687. The minimum atomic E-state index is -0.740. The van der Waals surface area contributed by atoms with E-state index < -0.39 is 12.2 Å². The second-order valence-electron chi connectivity index (χ2n) is 6.07. The van der Waals surface area contributed by atoms with E-state index in [2.05, 4.69) is 33.4 Å². The van der Waals surface area contributed by atoms with E-state index in [1.807, 2.05) is 0 Å². The van der Waals surface area contributed by atoms with Crippen LogP contribution >= 0.6 is 0 Å². The third-order valence-electron chi connectivity index (χ3n) is 4.58. The highest BCUT2D eigenvalue weighted by molar-refractivity contribution is 5.24. The van der Waals surface area contributed by atoms with E-state index in [0.29, 0.717) is 17.8 Å². The first-order valence-electron chi connectivity index (χ1n) is 6.65. The Kier molecular flexibility index (Phi) is 3.46. The van der Waals surface area contributed by atoms with Crippen molar-refractivity contribution in [1.82, 2.24) is 0 Å². The van der Waals surface area contributed by atoms with Gasteiger partial charge >= 0.3 is 0 Å². The van der Waals surface area contributed by atoms with Crippen LogP contribution in [-0.2, 0) is 0 Å². The number of aliphatic hydroxyl groups excluding tert-OH is 2. The summed E-state index contributed by atoms with van der Waals surface area (Å²) >= 11 is 0. The van der Waals surface area contributed by atoms with Crippen molar-refractivity contribution in [2.75, 3.05) is 0 Å². The Morgan fingerprint density at radius 3 is 2.59 bits per heavy atom. The van der Waals surface area contributed by atoms with Crippen molar-refractivity contribution in [3.63, 3.8) is 0 Å². The molecule has 1 fully saturated rings. The van der Waals surface area contributed by atoms with E-state index >= 15 is 0 Å². The summed E-state index contributed by atoms with van der Waals surface area (Å²) in [7, 11) is 0. The standard InChI is InChI=1S/C15H24O2/c1-8(2)13-12-7-9(3)5-6-11(12)10(4)14(16)15(13)17/h7-8,11-17H,4-6H2,1-3H3/t11-,12+,13-,14+,15+/m1/s1. The summed E-state index contributed by atoms with van der Waals surface area (Å²) in [5.41, 5.74) is 2.25. The maximum atomic E-state index is 10.3. The molecular weight excluding hydrogens is 212 g/mol. The Labute approximate surface area is 104 Å². The lowest BCUT2D eigenvalue weighted by Crippen LogP contribution is -2.50. The lowest BCUT2D eigenvalue weighted by Gasteiger charge is -2.47. The van der Waals surface area contributed by atoms with Crippen LogP contribution in [0.5, 0.6) is 0 Å². The van der Waals surface area contributed by atoms with Gasteiger partial charge in [0.1, 0.15) is 6.10 Å². The Bertz CT molecular complexity index is 343. The van der Waals surface area contributed by atoms with Crippen LogP contribution < -0.4 is 0 Å². The van der Waals surface area contributed by atoms with Gasteiger partial charge in [0, 0.05) is 0 Å². The molecule has 0 unspecified atom stereocenters. The van der Waals surface area contributed by atoms with Gasteiger partial charge in [-0.3, -0.25) is 0 Å². The Morgan fingerprint density at radius 2 is 2.00 bits per heavy atom. The van der Waals surface area contributed by atoms with Gasteiger partial charge in [0.05, 0.1) is 6.10 Å². The molecule has 2 aliphatic carbocycles. The second-order valence-corrected chi connectivity index (χ2v) is 6.07. The number of hydrogen-bond acceptors (Lipinski definition) is 2. The van der Waals surface area contributed by atoms with E-state index in [0.717, 1.165) is 18.4 Å². The number of allylic oxidation sites excluding steroid dienone is 2. The summed E-state index contributed by atoms with van der Waals surface area (Å²) in [5, 5.41) is 20.4. The van der Waals surface area contributed by atoms with E-state index in [4.69, 9.17) is 0 Å². The van der Waals surface area contributed by atoms with Crippen LogP contribution in [0.15, 0.2) is 23.8 Å². The molecular formula is C15H24O2. The van der Waals surface area contributed by atoms with Gasteiger partial charge in [-0.2, -0.15) is 0 Å². The highest BCUT2D eigenvalue weighted by Gasteiger charge is 2.46. The number of fused-ring (bicyclic) bond motifs is 1. The summed E-state index contributed by atoms with van der Waals surface area (Å²) < 4.78 is 0. The maximum absolute atomic E-state index is 10.3. The molecule has 2 heteroatoms. The first-order valence-corrected chi connectivity index (χ1v) is 6.65. The van der Waals surface area contributed by atoms with Crippen LogP contribution in [0.1, 0.15) is 33.6 Å². The molecule has 2 N–H and O–H groups in total. The van der Waals surface area contributed by atoms with Crippen LogP contribution in [0.25, 0.3) is 0 Å². The lowest BCUT2D eigenvalue weighted by atomic mass is 9.60. The molecule has 0 spiro atoms. The second kappa shape index (κ2) is 4.58. The SMILES string of the molecule is C=C1[C@H]2CCC(C)=C[C@@H]2[C@@H](C(C)C)[C@H](O)[C@H]1O. The molecule has 0 heterocycles. The van der Waals surface area contributed by atoms with E-state index in [9.17, 15) is 10.2 Å². The van der Waals surface area contributed by atoms with Crippen molar-refractivity contribution >= 4 is 0 Å². The van der Waals surface area contributed by atoms with E-state index in [1.54, 1.807) is 0 Å². The third-order valence-corrected chi connectivity index (χ3v) is 4.58. The Hall–Kier alpha value is -0.600. The molecule has 0 aromatic rings. The predicted octanol–water partition coefficient (Wildman–Crippen LogP) is 2.52. The van der Waals surface area contributed by atoms with Gasteiger partial charge in [-0.05, 0) is 49.0 Å². The van der Waals surface area contributed by atoms with E-state index in [1.165, 1.54) is 5.57 Å². The van der Waals surface area contributed by atoms with Crippen LogP contribution in [0.4, 0.5) is 0 Å². The predicted molar refractivity (Wildman–Crippen MR) is 69.5 cm³/mol. The van der Waals surface area contributed by atoms with Crippen molar-refractivity contribution in [1.29, 1.82) is 0 Å². The Morgan fingerprint density at radius 1 is 1.35 bits per heavy atom. The van der Waals surface area contributed by atoms with Crippen LogP contribution in [0, 0.1) is 23.7 Å². The monoisotopic (exact) mass is 236 g/mol. The largest absolute Gasteiger partial charge is 0.390 e. The minimum absolute atomic E-state index is 0.149. The Balaban J connectivity index is 2.37. The fraction of sp³-hybridized carbons (Fsp3) is 0.733. The van der Waals surface area contributed by atoms with Crippen molar-refractivity contribution in [2.45, 2.75) is 45.8 Å². The summed E-state index contributed by atoms with van der Waals surface area (Å²) in [6.45, 7) is 10.4. The van der Waals surface area contributed by atoms with Crippen molar-refractivity contribution in [3.05, 3.63) is 23.8 Å². The van der Waals surface area contributed by atoms with Crippen LogP contribution in [0.3, 0.4) is 0 Å². The number of aliphatic hydroxyl groups is 2. The molecule has 2 aliphatic rings. The molecule has 0 amide bonds. The highest BCUT2D eigenvalue weighted by Crippen LogP contribution is 2.47. The molecule has 0 bridgehead atoms. The van der Waals surface area contributed by atoms with Gasteiger partial charge in [0.25, 0.3) is 0 Å². The lowest BCUT2D eigenvalue weighted by molar-refractivity contribution is -0.0634. The van der Waals surface area contributed by atoms with Gasteiger partial charge in [0.2, 0.25) is 0 Å². The molecule has 0 aromatic heterocycles. The molecule has 5 atom stereocenters. The molecule has 0 saturated heterocycles.